The fraction of sp³-hybridized carbons (Fsp3) is 0.333. The number of hydrogen-bond donors (Lipinski definition) is 1. The summed E-state index contributed by atoms with van der Waals surface area (Å²) >= 11 is 1.75. The standard InChI is InChI=1S/C30H31N3O3S/c1-29(2,3)27-15-22(32-36-27)14-23(34)12-19-4-6-20(7-5-19)21-13-28-33(17-21)25-9-8-24(16-26(25)37-28)35-18-30(31)10-11-30/h4-9,13,15-17H,10-12,14,18,31H2,1-3H3. The van der Waals surface area contributed by atoms with E-state index in [1.165, 1.54) is 9.53 Å². The minimum Gasteiger partial charge on any atom is -0.492 e. The molecule has 6 nitrogen and oxygen atoms in total. The number of ketones is 1. The second-order valence-electron chi connectivity index (χ2n) is 11.3. The molecule has 0 unspecified atom stereocenters. The van der Waals surface area contributed by atoms with Crippen molar-refractivity contribution in [1.29, 1.82) is 0 Å². The summed E-state index contributed by atoms with van der Waals surface area (Å²) in [6.07, 6.45) is 4.91. The van der Waals surface area contributed by atoms with Crippen molar-refractivity contribution >= 4 is 32.2 Å². The van der Waals surface area contributed by atoms with Crippen molar-refractivity contribution in [3.63, 3.8) is 0 Å². The lowest BCUT2D eigenvalue weighted by atomic mass is 9.93. The first-order chi connectivity index (χ1) is 17.6. The monoisotopic (exact) mass is 513 g/mol. The Morgan fingerprint density at radius 3 is 2.57 bits per heavy atom. The predicted octanol–water partition coefficient (Wildman–Crippen LogP) is 6.33. The van der Waals surface area contributed by atoms with Crippen LogP contribution in [-0.2, 0) is 23.1 Å². The van der Waals surface area contributed by atoms with Crippen LogP contribution < -0.4 is 10.5 Å². The van der Waals surface area contributed by atoms with Gasteiger partial charge in [0.2, 0.25) is 0 Å². The van der Waals surface area contributed by atoms with Gasteiger partial charge in [-0.1, -0.05) is 50.2 Å². The zero-order chi connectivity index (χ0) is 25.8. The summed E-state index contributed by atoms with van der Waals surface area (Å²) in [5, 5.41) is 4.07. The molecule has 5 aromatic rings. The van der Waals surface area contributed by atoms with Crippen molar-refractivity contribution in [2.24, 2.45) is 5.73 Å². The van der Waals surface area contributed by atoms with Gasteiger partial charge >= 0.3 is 0 Å². The number of aromatic nitrogens is 2. The molecule has 2 aromatic carbocycles. The first-order valence-electron chi connectivity index (χ1n) is 12.7. The second kappa shape index (κ2) is 8.85. The van der Waals surface area contributed by atoms with E-state index in [1.54, 1.807) is 11.3 Å². The molecule has 1 aliphatic rings. The average Bonchev–Trinajstić information content (AvgIpc) is 3.19. The minimum atomic E-state index is -0.123. The van der Waals surface area contributed by atoms with Gasteiger partial charge in [0.15, 0.2) is 0 Å². The minimum absolute atomic E-state index is 0.120. The van der Waals surface area contributed by atoms with Gasteiger partial charge in [-0.3, -0.25) is 4.79 Å². The summed E-state index contributed by atoms with van der Waals surface area (Å²) in [5.74, 6) is 1.79. The molecule has 7 heteroatoms. The Labute approximate surface area is 220 Å². The maximum Gasteiger partial charge on any atom is 0.143 e. The number of hydrogen-bond acceptors (Lipinski definition) is 6. The summed E-state index contributed by atoms with van der Waals surface area (Å²) in [7, 11) is 0. The van der Waals surface area contributed by atoms with E-state index in [4.69, 9.17) is 15.0 Å². The largest absolute Gasteiger partial charge is 0.492 e. The summed E-state index contributed by atoms with van der Waals surface area (Å²) in [5.41, 5.74) is 11.0. The van der Waals surface area contributed by atoms with Crippen molar-refractivity contribution in [1.82, 2.24) is 9.56 Å². The zero-order valence-electron chi connectivity index (χ0n) is 21.4. The van der Waals surface area contributed by atoms with Crippen LogP contribution in [0.15, 0.2) is 65.3 Å². The Hall–Kier alpha value is -3.42. The topological polar surface area (TPSA) is 82.8 Å². The Balaban J connectivity index is 1.13. The number of carbonyl (C=O) groups is 1. The van der Waals surface area contributed by atoms with Crippen LogP contribution in [0.25, 0.3) is 26.2 Å². The van der Waals surface area contributed by atoms with Gasteiger partial charge in [0.1, 0.15) is 28.7 Å². The lowest BCUT2D eigenvalue weighted by Gasteiger charge is -2.12. The maximum absolute atomic E-state index is 12.6. The fourth-order valence-electron chi connectivity index (χ4n) is 4.43. The first-order valence-corrected chi connectivity index (χ1v) is 13.5. The number of ether oxygens (including phenoxy) is 1. The Bertz CT molecular complexity index is 1600. The van der Waals surface area contributed by atoms with E-state index in [2.05, 4.69) is 66.9 Å². The van der Waals surface area contributed by atoms with Gasteiger partial charge in [0.05, 0.1) is 27.9 Å². The van der Waals surface area contributed by atoms with Crippen LogP contribution in [-0.4, -0.2) is 27.5 Å². The van der Waals surface area contributed by atoms with Crippen LogP contribution in [0.1, 0.15) is 50.6 Å². The van der Waals surface area contributed by atoms with E-state index in [0.29, 0.717) is 18.7 Å². The van der Waals surface area contributed by atoms with Crippen LogP contribution >= 0.6 is 11.3 Å². The second-order valence-corrected chi connectivity index (χ2v) is 12.4. The van der Waals surface area contributed by atoms with Crippen molar-refractivity contribution in [2.45, 2.75) is 57.4 Å². The third-order valence-corrected chi connectivity index (χ3v) is 8.04. The molecule has 190 valence electrons. The zero-order valence-corrected chi connectivity index (χ0v) is 22.2. The number of thiazole rings is 1. The number of benzene rings is 2. The Morgan fingerprint density at radius 2 is 1.86 bits per heavy atom. The number of Topliss-reactive ketones (excluding diaryl/α,β-unsaturated/α-hetero) is 1. The highest BCUT2D eigenvalue weighted by molar-refractivity contribution is 7.24. The molecular weight excluding hydrogens is 482 g/mol. The Kier molecular flexibility index (Phi) is 5.73. The molecule has 3 aromatic heterocycles. The Morgan fingerprint density at radius 1 is 1.08 bits per heavy atom. The normalized spacial score (nSPS) is 14.9. The lowest BCUT2D eigenvalue weighted by Crippen LogP contribution is -2.29. The molecule has 37 heavy (non-hydrogen) atoms. The van der Waals surface area contributed by atoms with Crippen LogP contribution in [0.4, 0.5) is 0 Å². The molecule has 0 bridgehead atoms. The lowest BCUT2D eigenvalue weighted by molar-refractivity contribution is -0.117. The molecule has 1 fully saturated rings. The summed E-state index contributed by atoms with van der Waals surface area (Å²) in [4.78, 5) is 13.8. The van der Waals surface area contributed by atoms with Gasteiger partial charge in [0, 0.05) is 29.7 Å². The van der Waals surface area contributed by atoms with Crippen LogP contribution in [0.2, 0.25) is 0 Å². The van der Waals surface area contributed by atoms with Gasteiger partial charge in [-0.2, -0.15) is 0 Å². The molecule has 1 saturated carbocycles. The summed E-state index contributed by atoms with van der Waals surface area (Å²) < 4.78 is 14.8. The van der Waals surface area contributed by atoms with E-state index >= 15 is 0 Å². The number of rotatable bonds is 8. The molecule has 1 aliphatic carbocycles. The van der Waals surface area contributed by atoms with Crippen molar-refractivity contribution in [2.75, 3.05) is 6.61 Å². The number of carbonyl (C=O) groups excluding carboxylic acids is 1. The molecule has 0 aliphatic heterocycles. The van der Waals surface area contributed by atoms with E-state index in [0.717, 1.165) is 46.6 Å². The van der Waals surface area contributed by atoms with Crippen molar-refractivity contribution in [3.05, 3.63) is 77.8 Å². The molecule has 2 N–H and O–H groups in total. The molecule has 0 spiro atoms. The smallest absolute Gasteiger partial charge is 0.143 e. The molecule has 6 rings (SSSR count). The van der Waals surface area contributed by atoms with E-state index < -0.39 is 0 Å². The van der Waals surface area contributed by atoms with E-state index in [1.807, 2.05) is 24.3 Å². The van der Waals surface area contributed by atoms with Gasteiger partial charge in [0.25, 0.3) is 0 Å². The van der Waals surface area contributed by atoms with Crippen LogP contribution in [0.3, 0.4) is 0 Å². The molecule has 0 radical (unpaired) electrons. The number of nitrogens with zero attached hydrogens (tertiary/aromatic N) is 2. The molecule has 0 saturated heterocycles. The van der Waals surface area contributed by atoms with Crippen molar-refractivity contribution in [3.8, 4) is 16.9 Å². The highest BCUT2D eigenvalue weighted by atomic mass is 32.1. The SMILES string of the molecule is CC(C)(C)c1cc(CC(=O)Cc2ccc(-c3cc4sc5cc(OCC6(N)CC6)ccc5n4c3)cc2)no1. The third kappa shape index (κ3) is 5.06. The van der Waals surface area contributed by atoms with Gasteiger partial charge in [-0.25, -0.2) is 0 Å². The first kappa shape index (κ1) is 23.9. The molecule has 0 amide bonds. The average molecular weight is 514 g/mol. The van der Waals surface area contributed by atoms with Crippen LogP contribution in [0.5, 0.6) is 5.75 Å². The summed E-state index contributed by atoms with van der Waals surface area (Å²) in [6, 6.07) is 18.6. The van der Waals surface area contributed by atoms with E-state index in [9.17, 15) is 4.79 Å². The van der Waals surface area contributed by atoms with E-state index in [-0.39, 0.29) is 23.2 Å². The quantitative estimate of drug-likeness (QED) is 0.262. The molecule has 3 heterocycles. The fourth-order valence-corrected chi connectivity index (χ4v) is 5.54. The number of fused-ring (bicyclic) bond motifs is 3. The molecule has 0 atom stereocenters. The van der Waals surface area contributed by atoms with Gasteiger partial charge < -0.3 is 19.4 Å². The summed E-state index contributed by atoms with van der Waals surface area (Å²) in [6.45, 7) is 6.77. The van der Waals surface area contributed by atoms with Gasteiger partial charge in [-0.05, 0) is 48.2 Å². The third-order valence-electron chi connectivity index (χ3n) is 6.97. The highest BCUT2D eigenvalue weighted by Crippen LogP contribution is 2.36. The number of nitrogens with two attached hydrogens (primary N) is 1. The maximum atomic E-state index is 12.6. The molecular formula is C30H31N3O3S. The van der Waals surface area contributed by atoms with Gasteiger partial charge in [-0.15, -0.1) is 11.3 Å². The predicted molar refractivity (Wildman–Crippen MR) is 147 cm³/mol. The highest BCUT2D eigenvalue weighted by Gasteiger charge is 2.39. The van der Waals surface area contributed by atoms with Crippen LogP contribution in [0, 0.1) is 0 Å². The van der Waals surface area contributed by atoms with Crippen molar-refractivity contribution < 1.29 is 14.1 Å².